The Kier molecular flexibility index (Phi) is 8.06. The molecule has 1 saturated carbocycles. The molecule has 0 saturated heterocycles. The summed E-state index contributed by atoms with van der Waals surface area (Å²) in [4.78, 5) is 37.2. The number of rotatable bonds is 9. The molecule has 2 atom stereocenters. The van der Waals surface area contributed by atoms with Gasteiger partial charge in [-0.25, -0.2) is 9.59 Å². The molecule has 1 fully saturated rings. The second kappa shape index (κ2) is 11.4. The third kappa shape index (κ3) is 5.84. The molecule has 7 nitrogen and oxygen atoms in total. The molecule has 0 aromatic heterocycles. The number of hydrogen-bond acceptors (Lipinski definition) is 4. The van der Waals surface area contributed by atoms with Gasteiger partial charge in [0.2, 0.25) is 5.91 Å². The molecule has 0 bridgehead atoms. The van der Waals surface area contributed by atoms with E-state index in [1.807, 2.05) is 36.4 Å². The second-order valence-electron chi connectivity index (χ2n) is 9.57. The highest BCUT2D eigenvalue weighted by Crippen LogP contribution is 2.44. The summed E-state index contributed by atoms with van der Waals surface area (Å²) in [6.07, 6.45) is 5.44. The van der Waals surface area contributed by atoms with Crippen LogP contribution in [0.4, 0.5) is 4.79 Å². The number of alkyl carbamates (subject to hydrolysis) is 1. The van der Waals surface area contributed by atoms with Gasteiger partial charge >= 0.3 is 12.1 Å². The quantitative estimate of drug-likeness (QED) is 0.478. The molecular weight excluding hydrogens is 444 g/mol. The maximum Gasteiger partial charge on any atom is 0.407 e. The first kappa shape index (κ1) is 24.8. The van der Waals surface area contributed by atoms with Gasteiger partial charge in [0.15, 0.2) is 0 Å². The molecule has 3 N–H and O–H groups in total. The van der Waals surface area contributed by atoms with Gasteiger partial charge in [-0.1, -0.05) is 87.6 Å². The number of ether oxygens (including phenoxy) is 1. The summed E-state index contributed by atoms with van der Waals surface area (Å²) < 4.78 is 5.55. The Hall–Kier alpha value is -3.35. The summed E-state index contributed by atoms with van der Waals surface area (Å²) in [5, 5.41) is 14.9. The lowest BCUT2D eigenvalue weighted by Crippen LogP contribution is -2.52. The molecule has 0 unspecified atom stereocenters. The molecule has 2 amide bonds. The number of carbonyl (C=O) groups excluding carboxylic acids is 2. The van der Waals surface area contributed by atoms with E-state index < -0.39 is 30.1 Å². The van der Waals surface area contributed by atoms with Gasteiger partial charge in [-0.3, -0.25) is 4.79 Å². The Labute approximate surface area is 206 Å². The first-order chi connectivity index (χ1) is 17.0. The molecule has 2 aromatic rings. The van der Waals surface area contributed by atoms with Crippen LogP contribution in [-0.4, -0.2) is 41.8 Å². The fourth-order valence-corrected chi connectivity index (χ4v) is 5.39. The third-order valence-electron chi connectivity index (χ3n) is 7.27. The molecule has 2 aliphatic carbocycles. The van der Waals surface area contributed by atoms with Gasteiger partial charge in [-0.2, -0.15) is 0 Å². The van der Waals surface area contributed by atoms with Crippen LogP contribution >= 0.6 is 0 Å². The number of carboxylic acid groups (broad SMARTS) is 1. The molecule has 0 spiro atoms. The molecule has 0 aliphatic heterocycles. The van der Waals surface area contributed by atoms with Crippen molar-refractivity contribution >= 4 is 18.0 Å². The van der Waals surface area contributed by atoms with E-state index in [2.05, 4.69) is 22.8 Å². The van der Waals surface area contributed by atoms with Crippen molar-refractivity contribution in [3.05, 3.63) is 59.7 Å². The van der Waals surface area contributed by atoms with Crippen LogP contribution in [0, 0.1) is 5.92 Å². The lowest BCUT2D eigenvalue weighted by atomic mass is 9.85. The number of aliphatic carboxylic acids is 1. The largest absolute Gasteiger partial charge is 0.480 e. The van der Waals surface area contributed by atoms with Gasteiger partial charge in [0, 0.05) is 5.92 Å². The van der Waals surface area contributed by atoms with Crippen molar-refractivity contribution in [1.82, 2.24) is 10.6 Å². The van der Waals surface area contributed by atoms with Crippen LogP contribution in [0.1, 0.15) is 68.9 Å². The molecular formula is C28H34N2O5. The highest BCUT2D eigenvalue weighted by atomic mass is 16.5. The highest BCUT2D eigenvalue weighted by molar-refractivity contribution is 5.89. The van der Waals surface area contributed by atoms with Gasteiger partial charge in [0.25, 0.3) is 0 Å². The minimum absolute atomic E-state index is 0.0751. The first-order valence-corrected chi connectivity index (χ1v) is 12.6. The predicted octanol–water partition coefficient (Wildman–Crippen LogP) is 4.84. The highest BCUT2D eigenvalue weighted by Gasteiger charge is 2.31. The number of fused-ring (bicyclic) bond motifs is 3. The van der Waals surface area contributed by atoms with Crippen LogP contribution in [-0.2, 0) is 14.3 Å². The van der Waals surface area contributed by atoms with E-state index in [4.69, 9.17) is 4.74 Å². The van der Waals surface area contributed by atoms with Gasteiger partial charge < -0.3 is 20.5 Å². The fraction of sp³-hybridized carbons (Fsp3) is 0.464. The SMILES string of the molecule is CC[C@@H](NC(=O)OCC1c2ccccc2-c2ccccc21)C(=O)N[C@H](CC1CCCCC1)C(=O)O. The fourth-order valence-electron chi connectivity index (χ4n) is 5.39. The van der Waals surface area contributed by atoms with E-state index in [0.29, 0.717) is 18.8 Å². The summed E-state index contributed by atoms with van der Waals surface area (Å²) in [7, 11) is 0. The average Bonchev–Trinajstić information content (AvgIpc) is 3.19. The number of hydrogen-bond donors (Lipinski definition) is 3. The number of carboxylic acids is 1. The van der Waals surface area contributed by atoms with E-state index >= 15 is 0 Å². The Balaban J connectivity index is 1.33. The van der Waals surface area contributed by atoms with Crippen LogP contribution in [0.2, 0.25) is 0 Å². The molecule has 186 valence electrons. The van der Waals surface area contributed by atoms with Crippen LogP contribution in [0.5, 0.6) is 0 Å². The lowest BCUT2D eigenvalue weighted by molar-refractivity contribution is -0.142. The molecule has 0 heterocycles. The van der Waals surface area contributed by atoms with Gasteiger partial charge in [-0.05, 0) is 41.0 Å². The molecule has 35 heavy (non-hydrogen) atoms. The zero-order chi connectivity index (χ0) is 24.8. The van der Waals surface area contributed by atoms with Crippen LogP contribution in [0.15, 0.2) is 48.5 Å². The number of carbonyl (C=O) groups is 3. The Morgan fingerprint density at radius 3 is 2.09 bits per heavy atom. The topological polar surface area (TPSA) is 105 Å². The summed E-state index contributed by atoms with van der Waals surface area (Å²) >= 11 is 0. The number of nitrogens with one attached hydrogen (secondary N) is 2. The van der Waals surface area contributed by atoms with E-state index in [0.717, 1.165) is 47.9 Å². The molecule has 2 aliphatic rings. The van der Waals surface area contributed by atoms with Crippen molar-refractivity contribution in [3.63, 3.8) is 0 Å². The molecule has 7 heteroatoms. The Morgan fingerprint density at radius 1 is 0.914 bits per heavy atom. The molecule has 2 aromatic carbocycles. The monoisotopic (exact) mass is 478 g/mol. The van der Waals surface area contributed by atoms with Crippen molar-refractivity contribution in [2.24, 2.45) is 5.92 Å². The second-order valence-corrected chi connectivity index (χ2v) is 9.57. The minimum atomic E-state index is -1.04. The van der Waals surface area contributed by atoms with E-state index in [-0.39, 0.29) is 12.5 Å². The normalized spacial score (nSPS) is 17.1. The van der Waals surface area contributed by atoms with Gasteiger partial charge in [0.1, 0.15) is 18.7 Å². The maximum atomic E-state index is 12.8. The van der Waals surface area contributed by atoms with E-state index in [1.54, 1.807) is 6.92 Å². The minimum Gasteiger partial charge on any atom is -0.480 e. The zero-order valence-electron chi connectivity index (χ0n) is 20.2. The molecule has 0 radical (unpaired) electrons. The maximum absolute atomic E-state index is 12.8. The standard InChI is InChI=1S/C28H34N2O5/c1-2-24(26(31)29-25(27(32)33)16-18-10-4-3-5-11-18)30-28(34)35-17-23-21-14-8-6-12-19(21)20-13-7-9-15-22(20)23/h6-9,12-15,18,23-25H,2-5,10-11,16-17H2,1H3,(H,29,31)(H,30,34)(H,32,33)/t24-,25-/m1/s1. The van der Waals surface area contributed by atoms with Crippen molar-refractivity contribution in [3.8, 4) is 11.1 Å². The predicted molar refractivity (Wildman–Crippen MR) is 133 cm³/mol. The number of benzene rings is 2. The van der Waals surface area contributed by atoms with Crippen molar-refractivity contribution < 1.29 is 24.2 Å². The van der Waals surface area contributed by atoms with Crippen molar-refractivity contribution in [2.75, 3.05) is 6.61 Å². The first-order valence-electron chi connectivity index (χ1n) is 12.6. The lowest BCUT2D eigenvalue weighted by Gasteiger charge is -2.26. The van der Waals surface area contributed by atoms with Gasteiger partial charge in [-0.15, -0.1) is 0 Å². The van der Waals surface area contributed by atoms with Crippen molar-refractivity contribution in [2.45, 2.75) is 69.9 Å². The Bertz CT molecular complexity index is 1020. The smallest absolute Gasteiger partial charge is 0.407 e. The van der Waals surface area contributed by atoms with Gasteiger partial charge in [0.05, 0.1) is 0 Å². The van der Waals surface area contributed by atoms with E-state index in [1.165, 1.54) is 6.42 Å². The zero-order valence-corrected chi connectivity index (χ0v) is 20.2. The van der Waals surface area contributed by atoms with Crippen LogP contribution < -0.4 is 10.6 Å². The summed E-state index contributed by atoms with van der Waals surface area (Å²) in [6, 6.07) is 14.3. The van der Waals surface area contributed by atoms with Crippen LogP contribution in [0.25, 0.3) is 11.1 Å². The average molecular weight is 479 g/mol. The third-order valence-corrected chi connectivity index (χ3v) is 7.27. The van der Waals surface area contributed by atoms with E-state index in [9.17, 15) is 19.5 Å². The molecule has 4 rings (SSSR count). The summed E-state index contributed by atoms with van der Waals surface area (Å²) in [5.74, 6) is -1.31. The summed E-state index contributed by atoms with van der Waals surface area (Å²) in [5.41, 5.74) is 4.50. The summed E-state index contributed by atoms with van der Waals surface area (Å²) in [6.45, 7) is 1.92. The Morgan fingerprint density at radius 2 is 1.51 bits per heavy atom. The van der Waals surface area contributed by atoms with Crippen molar-refractivity contribution in [1.29, 1.82) is 0 Å². The van der Waals surface area contributed by atoms with Crippen LogP contribution in [0.3, 0.4) is 0 Å². The number of amides is 2.